The van der Waals surface area contributed by atoms with Gasteiger partial charge in [-0.05, 0) is 17.9 Å². The Balaban J connectivity index is 0.000000845. The van der Waals surface area contributed by atoms with Crippen molar-refractivity contribution in [3.63, 3.8) is 0 Å². The highest BCUT2D eigenvalue weighted by Crippen LogP contribution is 2.36. The zero-order valence-electron chi connectivity index (χ0n) is 7.65. The molecule has 0 amide bonds. The lowest BCUT2D eigenvalue weighted by Crippen LogP contribution is -2.10. The largest absolute Gasteiger partial charge is 0.324 e. The van der Waals surface area contributed by atoms with Crippen molar-refractivity contribution in [2.45, 2.75) is 25.3 Å². The summed E-state index contributed by atoms with van der Waals surface area (Å²) in [5.41, 5.74) is 7.32. The van der Waals surface area contributed by atoms with Crippen LogP contribution in [-0.4, -0.2) is 0 Å². The summed E-state index contributed by atoms with van der Waals surface area (Å²) in [6.07, 6.45) is 3.95. The zero-order valence-corrected chi connectivity index (χ0v) is 8.46. The van der Waals surface area contributed by atoms with Gasteiger partial charge in [-0.1, -0.05) is 43.2 Å². The minimum Gasteiger partial charge on any atom is -0.324 e. The molecule has 1 aromatic carbocycles. The molecule has 1 saturated carbocycles. The maximum atomic E-state index is 6.04. The Morgan fingerprint density at radius 1 is 1.23 bits per heavy atom. The van der Waals surface area contributed by atoms with Crippen molar-refractivity contribution in [3.8, 4) is 0 Å². The van der Waals surface area contributed by atoms with Crippen LogP contribution in [0.25, 0.3) is 0 Å². The predicted molar refractivity (Wildman–Crippen MR) is 58.0 cm³/mol. The van der Waals surface area contributed by atoms with Gasteiger partial charge >= 0.3 is 0 Å². The first kappa shape index (κ1) is 10.6. The summed E-state index contributed by atoms with van der Waals surface area (Å²) in [5.74, 6) is 0.917. The molecule has 1 fully saturated rings. The van der Waals surface area contributed by atoms with Crippen LogP contribution in [0.4, 0.5) is 0 Å². The Morgan fingerprint density at radius 3 is 2.38 bits per heavy atom. The monoisotopic (exact) mass is 197 g/mol. The van der Waals surface area contributed by atoms with E-state index in [1.54, 1.807) is 0 Å². The lowest BCUT2D eigenvalue weighted by atomic mass is 10.0. The summed E-state index contributed by atoms with van der Waals surface area (Å²) in [7, 11) is 0. The lowest BCUT2D eigenvalue weighted by molar-refractivity contribution is 0.597. The molecule has 1 aliphatic carbocycles. The Labute approximate surface area is 85.7 Å². The zero-order chi connectivity index (χ0) is 8.39. The highest BCUT2D eigenvalue weighted by Gasteiger charge is 2.24. The van der Waals surface area contributed by atoms with Crippen molar-refractivity contribution in [3.05, 3.63) is 35.9 Å². The van der Waals surface area contributed by atoms with Crippen LogP contribution in [-0.2, 0) is 0 Å². The average Bonchev–Trinajstić information content (AvgIpc) is 2.90. The van der Waals surface area contributed by atoms with Gasteiger partial charge in [0, 0.05) is 6.04 Å². The fourth-order valence-electron chi connectivity index (χ4n) is 1.55. The van der Waals surface area contributed by atoms with E-state index in [1.807, 2.05) is 6.07 Å². The van der Waals surface area contributed by atoms with E-state index in [2.05, 4.69) is 24.3 Å². The number of rotatable bonds is 3. The van der Waals surface area contributed by atoms with E-state index in [9.17, 15) is 0 Å². The molecule has 0 heterocycles. The molecule has 1 aromatic rings. The first-order valence-electron chi connectivity index (χ1n) is 4.67. The summed E-state index contributed by atoms with van der Waals surface area (Å²) in [5, 5.41) is 0. The van der Waals surface area contributed by atoms with Crippen molar-refractivity contribution in [1.29, 1.82) is 0 Å². The molecule has 0 saturated heterocycles. The second-order valence-electron chi connectivity index (χ2n) is 3.70. The quantitative estimate of drug-likeness (QED) is 0.793. The van der Waals surface area contributed by atoms with Gasteiger partial charge < -0.3 is 5.73 Å². The Bertz CT molecular complexity index is 244. The third-order valence-electron chi connectivity index (χ3n) is 2.51. The van der Waals surface area contributed by atoms with E-state index < -0.39 is 0 Å². The molecule has 0 aliphatic heterocycles. The molecule has 2 rings (SSSR count). The van der Waals surface area contributed by atoms with Gasteiger partial charge in [-0.25, -0.2) is 0 Å². The van der Waals surface area contributed by atoms with Crippen LogP contribution in [0.3, 0.4) is 0 Å². The number of hydrogen-bond acceptors (Lipinski definition) is 1. The van der Waals surface area contributed by atoms with E-state index >= 15 is 0 Å². The highest BCUT2D eigenvalue weighted by atomic mass is 35.5. The SMILES string of the molecule is Cl.N[C@@H](CC1CC1)c1ccccc1. The molecule has 0 radical (unpaired) electrons. The summed E-state index contributed by atoms with van der Waals surface area (Å²) in [6.45, 7) is 0. The number of nitrogens with two attached hydrogens (primary N) is 1. The van der Waals surface area contributed by atoms with Gasteiger partial charge in [0.15, 0.2) is 0 Å². The minimum atomic E-state index is 0. The molecule has 0 unspecified atom stereocenters. The van der Waals surface area contributed by atoms with Gasteiger partial charge in [0.05, 0.1) is 0 Å². The summed E-state index contributed by atoms with van der Waals surface area (Å²) in [4.78, 5) is 0. The first-order chi connectivity index (χ1) is 5.86. The lowest BCUT2D eigenvalue weighted by Gasteiger charge is -2.10. The molecule has 0 bridgehead atoms. The number of hydrogen-bond donors (Lipinski definition) is 1. The summed E-state index contributed by atoms with van der Waals surface area (Å²) >= 11 is 0. The minimum absolute atomic E-state index is 0. The number of halogens is 1. The molecule has 0 spiro atoms. The summed E-state index contributed by atoms with van der Waals surface area (Å²) in [6, 6.07) is 10.6. The second-order valence-corrected chi connectivity index (χ2v) is 3.70. The standard InChI is InChI=1S/C11H15N.ClH/c12-11(8-9-6-7-9)10-4-2-1-3-5-10;/h1-5,9,11H,6-8,12H2;1H/t11-;/m0./s1. The number of benzene rings is 1. The van der Waals surface area contributed by atoms with Crippen molar-refractivity contribution in [2.75, 3.05) is 0 Å². The maximum Gasteiger partial charge on any atom is 0.0297 e. The third-order valence-corrected chi connectivity index (χ3v) is 2.51. The highest BCUT2D eigenvalue weighted by molar-refractivity contribution is 5.85. The van der Waals surface area contributed by atoms with Crippen molar-refractivity contribution in [2.24, 2.45) is 11.7 Å². The van der Waals surface area contributed by atoms with Crippen molar-refractivity contribution < 1.29 is 0 Å². The molecule has 0 aromatic heterocycles. The van der Waals surface area contributed by atoms with Crippen LogP contribution in [0, 0.1) is 5.92 Å². The summed E-state index contributed by atoms with van der Waals surface area (Å²) < 4.78 is 0. The van der Waals surface area contributed by atoms with E-state index in [0.29, 0.717) is 0 Å². The molecule has 1 atom stereocenters. The van der Waals surface area contributed by atoms with E-state index in [0.717, 1.165) is 5.92 Å². The van der Waals surface area contributed by atoms with Crippen LogP contribution >= 0.6 is 12.4 Å². The van der Waals surface area contributed by atoms with E-state index in [1.165, 1.54) is 24.8 Å². The van der Waals surface area contributed by atoms with Crippen molar-refractivity contribution >= 4 is 12.4 Å². The van der Waals surface area contributed by atoms with Crippen LogP contribution in [0.1, 0.15) is 30.9 Å². The van der Waals surface area contributed by atoms with Gasteiger partial charge in [-0.15, -0.1) is 12.4 Å². The Morgan fingerprint density at radius 2 is 1.85 bits per heavy atom. The van der Waals surface area contributed by atoms with E-state index in [4.69, 9.17) is 5.73 Å². The molecule has 2 N–H and O–H groups in total. The molecule has 1 aliphatic rings. The van der Waals surface area contributed by atoms with E-state index in [-0.39, 0.29) is 18.4 Å². The molecule has 13 heavy (non-hydrogen) atoms. The van der Waals surface area contributed by atoms with Crippen LogP contribution in [0.15, 0.2) is 30.3 Å². The Kier molecular flexibility index (Phi) is 3.76. The predicted octanol–water partition coefficient (Wildman–Crippen LogP) is 2.91. The van der Waals surface area contributed by atoms with Gasteiger partial charge in [-0.3, -0.25) is 0 Å². The molecule has 2 heteroatoms. The second kappa shape index (κ2) is 4.64. The van der Waals surface area contributed by atoms with Gasteiger partial charge in [0.1, 0.15) is 0 Å². The normalized spacial score (nSPS) is 17.6. The molecular weight excluding hydrogens is 182 g/mol. The van der Waals surface area contributed by atoms with Crippen molar-refractivity contribution in [1.82, 2.24) is 0 Å². The van der Waals surface area contributed by atoms with Gasteiger partial charge in [0.2, 0.25) is 0 Å². The van der Waals surface area contributed by atoms with Crippen LogP contribution < -0.4 is 5.73 Å². The topological polar surface area (TPSA) is 26.0 Å². The molecule has 1 nitrogen and oxygen atoms in total. The third kappa shape index (κ3) is 3.02. The van der Waals surface area contributed by atoms with Gasteiger partial charge in [0.25, 0.3) is 0 Å². The first-order valence-corrected chi connectivity index (χ1v) is 4.67. The molecular formula is C11H16ClN. The van der Waals surface area contributed by atoms with Crippen LogP contribution in [0.5, 0.6) is 0 Å². The fourth-order valence-corrected chi connectivity index (χ4v) is 1.55. The van der Waals surface area contributed by atoms with Gasteiger partial charge in [-0.2, -0.15) is 0 Å². The smallest absolute Gasteiger partial charge is 0.0297 e. The molecule has 72 valence electrons. The fraction of sp³-hybridized carbons (Fsp3) is 0.455. The maximum absolute atomic E-state index is 6.04. The van der Waals surface area contributed by atoms with Crippen LogP contribution in [0.2, 0.25) is 0 Å². The Hall–Kier alpha value is -0.530. The average molecular weight is 198 g/mol.